The summed E-state index contributed by atoms with van der Waals surface area (Å²) in [5.74, 6) is -3.58. The van der Waals surface area contributed by atoms with E-state index < -0.39 is 30.0 Å². The third-order valence-electron chi connectivity index (χ3n) is 3.83. The molecule has 0 heterocycles. The van der Waals surface area contributed by atoms with Crippen LogP contribution in [0.2, 0.25) is 0 Å². The minimum atomic E-state index is -1.17. The van der Waals surface area contributed by atoms with Crippen LogP contribution in [-0.4, -0.2) is 18.4 Å². The molecule has 0 N–H and O–H groups in total. The summed E-state index contributed by atoms with van der Waals surface area (Å²) in [5.41, 5.74) is 1.35. The zero-order valence-corrected chi connectivity index (χ0v) is 14.8. The quantitative estimate of drug-likeness (QED) is 0.327. The normalized spacial score (nSPS) is 11.2. The molecule has 0 unspecified atom stereocenters. The van der Waals surface area contributed by atoms with E-state index in [0.717, 1.165) is 23.8 Å². The fourth-order valence-corrected chi connectivity index (χ4v) is 2.24. The molecule has 0 fully saturated rings. The Morgan fingerprint density at radius 3 is 2.33 bits per heavy atom. The van der Waals surface area contributed by atoms with E-state index in [4.69, 9.17) is 10.00 Å². The van der Waals surface area contributed by atoms with Crippen molar-refractivity contribution in [1.29, 1.82) is 5.26 Å². The Morgan fingerprint density at radius 2 is 1.78 bits per heavy atom. The van der Waals surface area contributed by atoms with Gasteiger partial charge in [-0.3, -0.25) is 4.79 Å². The van der Waals surface area contributed by atoms with E-state index in [2.05, 4.69) is 0 Å². The number of carbonyl (C=O) groups excluding carboxylic acids is 2. The van der Waals surface area contributed by atoms with Crippen molar-refractivity contribution in [1.82, 2.24) is 0 Å². The second-order valence-corrected chi connectivity index (χ2v) is 6.12. The maximum absolute atomic E-state index is 13.2. The number of ketones is 1. The summed E-state index contributed by atoms with van der Waals surface area (Å²) >= 11 is 0. The maximum atomic E-state index is 13.2. The molecule has 0 aliphatic rings. The maximum Gasteiger partial charge on any atom is 0.349 e. The summed E-state index contributed by atoms with van der Waals surface area (Å²) in [6, 6.07) is 11.7. The van der Waals surface area contributed by atoms with Crippen LogP contribution < -0.4 is 0 Å². The van der Waals surface area contributed by atoms with Crippen molar-refractivity contribution < 1.29 is 23.1 Å². The average Bonchev–Trinajstić information content (AvgIpc) is 2.66. The molecular weight excluding hydrogens is 352 g/mol. The minimum absolute atomic E-state index is 0.131. The van der Waals surface area contributed by atoms with Crippen molar-refractivity contribution in [2.45, 2.75) is 19.8 Å². The molecule has 27 heavy (non-hydrogen) atoms. The van der Waals surface area contributed by atoms with E-state index in [9.17, 15) is 18.4 Å². The predicted molar refractivity (Wildman–Crippen MR) is 95.8 cm³/mol. The third-order valence-corrected chi connectivity index (χ3v) is 3.83. The average molecular weight is 369 g/mol. The molecule has 138 valence electrons. The van der Waals surface area contributed by atoms with E-state index in [1.54, 1.807) is 18.2 Å². The van der Waals surface area contributed by atoms with Gasteiger partial charge in [-0.05, 0) is 41.3 Å². The first kappa shape index (κ1) is 20.0. The van der Waals surface area contributed by atoms with Crippen LogP contribution in [0.1, 0.15) is 41.3 Å². The molecule has 0 radical (unpaired) electrons. The van der Waals surface area contributed by atoms with Crippen LogP contribution in [0, 0.1) is 23.0 Å². The molecule has 6 heteroatoms. The number of carbonyl (C=O) groups is 2. The number of ether oxygens (including phenoxy) is 1. The van der Waals surface area contributed by atoms with E-state index >= 15 is 0 Å². The molecule has 0 saturated heterocycles. The lowest BCUT2D eigenvalue weighted by Crippen LogP contribution is -2.15. The van der Waals surface area contributed by atoms with Gasteiger partial charge in [0, 0.05) is 5.56 Å². The Balaban J connectivity index is 2.05. The van der Waals surface area contributed by atoms with Gasteiger partial charge in [0.25, 0.3) is 0 Å². The van der Waals surface area contributed by atoms with Crippen LogP contribution in [0.3, 0.4) is 0 Å². The van der Waals surface area contributed by atoms with Gasteiger partial charge in [-0.15, -0.1) is 0 Å². The highest BCUT2D eigenvalue weighted by atomic mass is 19.2. The highest BCUT2D eigenvalue weighted by Crippen LogP contribution is 2.16. The first-order chi connectivity index (χ1) is 12.8. The predicted octanol–water partition coefficient (Wildman–Crippen LogP) is 4.42. The van der Waals surface area contributed by atoms with Gasteiger partial charge in [0.05, 0.1) is 0 Å². The van der Waals surface area contributed by atoms with E-state index in [-0.39, 0.29) is 11.1 Å². The van der Waals surface area contributed by atoms with Crippen molar-refractivity contribution in [3.63, 3.8) is 0 Å². The Morgan fingerprint density at radius 1 is 1.11 bits per heavy atom. The number of Topliss-reactive ketones (excluding diaryl/α,β-unsaturated/α-hetero) is 1. The third kappa shape index (κ3) is 5.32. The molecule has 0 atom stereocenters. The van der Waals surface area contributed by atoms with Crippen LogP contribution in [0.25, 0.3) is 6.08 Å². The SMILES string of the molecule is CC(C)c1ccc(/C=C(\C#N)C(=O)OCC(=O)c2ccc(F)c(F)c2)cc1. The first-order valence-corrected chi connectivity index (χ1v) is 8.19. The van der Waals surface area contributed by atoms with Gasteiger partial charge >= 0.3 is 5.97 Å². The number of rotatable bonds is 6. The number of esters is 1. The number of hydrogen-bond acceptors (Lipinski definition) is 4. The molecule has 0 aliphatic carbocycles. The van der Waals surface area contributed by atoms with Crippen molar-refractivity contribution in [3.8, 4) is 6.07 Å². The highest BCUT2D eigenvalue weighted by Gasteiger charge is 2.15. The molecule has 0 aliphatic heterocycles. The van der Waals surface area contributed by atoms with Crippen LogP contribution in [-0.2, 0) is 9.53 Å². The molecular formula is C21H17F2NO3. The number of hydrogen-bond donors (Lipinski definition) is 0. The molecule has 2 aromatic rings. The van der Waals surface area contributed by atoms with E-state index in [1.165, 1.54) is 6.08 Å². The Hall–Kier alpha value is -3.33. The number of halogens is 2. The fraction of sp³-hybridized carbons (Fsp3) is 0.190. The van der Waals surface area contributed by atoms with E-state index in [0.29, 0.717) is 11.5 Å². The molecule has 0 aromatic heterocycles. The zero-order valence-electron chi connectivity index (χ0n) is 14.8. The van der Waals surface area contributed by atoms with Gasteiger partial charge in [0.15, 0.2) is 24.0 Å². The van der Waals surface area contributed by atoms with Crippen LogP contribution in [0.15, 0.2) is 48.0 Å². The van der Waals surface area contributed by atoms with Gasteiger partial charge in [0.1, 0.15) is 11.6 Å². The lowest BCUT2D eigenvalue weighted by Gasteiger charge is -2.06. The summed E-state index contributed by atoms with van der Waals surface area (Å²) in [4.78, 5) is 23.9. The van der Waals surface area contributed by atoms with Gasteiger partial charge in [0.2, 0.25) is 0 Å². The zero-order chi connectivity index (χ0) is 20.0. The van der Waals surface area contributed by atoms with Crippen LogP contribution >= 0.6 is 0 Å². The van der Waals surface area contributed by atoms with Gasteiger partial charge in [-0.2, -0.15) is 5.26 Å². The Bertz CT molecular complexity index is 925. The summed E-state index contributed by atoms with van der Waals surface area (Å²) in [5, 5.41) is 9.15. The van der Waals surface area contributed by atoms with Gasteiger partial charge in [-0.1, -0.05) is 38.1 Å². The Labute approximate surface area is 155 Å². The van der Waals surface area contributed by atoms with Crippen molar-refractivity contribution in [3.05, 3.63) is 76.4 Å². The molecule has 0 saturated carbocycles. The second-order valence-electron chi connectivity index (χ2n) is 6.12. The highest BCUT2D eigenvalue weighted by molar-refractivity contribution is 6.01. The molecule has 2 rings (SSSR count). The van der Waals surface area contributed by atoms with Crippen molar-refractivity contribution >= 4 is 17.8 Å². The van der Waals surface area contributed by atoms with Crippen molar-refractivity contribution in [2.24, 2.45) is 0 Å². The van der Waals surface area contributed by atoms with Gasteiger partial charge < -0.3 is 4.74 Å². The first-order valence-electron chi connectivity index (χ1n) is 8.19. The molecule has 2 aromatic carbocycles. The summed E-state index contributed by atoms with van der Waals surface area (Å²) in [6.07, 6.45) is 1.36. The topological polar surface area (TPSA) is 67.2 Å². The number of benzene rings is 2. The summed E-state index contributed by atoms with van der Waals surface area (Å²) in [7, 11) is 0. The minimum Gasteiger partial charge on any atom is -0.453 e. The number of nitrogens with zero attached hydrogens (tertiary/aromatic N) is 1. The van der Waals surface area contributed by atoms with Crippen LogP contribution in [0.4, 0.5) is 8.78 Å². The molecule has 0 amide bonds. The molecule has 0 bridgehead atoms. The lowest BCUT2D eigenvalue weighted by molar-refractivity contribution is -0.137. The summed E-state index contributed by atoms with van der Waals surface area (Å²) in [6.45, 7) is 3.41. The van der Waals surface area contributed by atoms with Crippen LogP contribution in [0.5, 0.6) is 0 Å². The van der Waals surface area contributed by atoms with Gasteiger partial charge in [-0.25, -0.2) is 13.6 Å². The summed E-state index contributed by atoms with van der Waals surface area (Å²) < 4.78 is 30.9. The standard InChI is InChI=1S/C21H17F2NO3/c1-13(2)15-5-3-14(4-6-15)9-17(11-24)21(26)27-12-20(25)16-7-8-18(22)19(23)10-16/h3-10,13H,12H2,1-2H3/b17-9+. The second kappa shape index (κ2) is 8.86. The molecule has 0 spiro atoms. The smallest absolute Gasteiger partial charge is 0.349 e. The Kier molecular flexibility index (Phi) is 6.56. The number of nitriles is 1. The van der Waals surface area contributed by atoms with E-state index in [1.807, 2.05) is 26.0 Å². The monoisotopic (exact) mass is 369 g/mol. The lowest BCUT2D eigenvalue weighted by atomic mass is 10.0. The fourth-order valence-electron chi connectivity index (χ4n) is 2.24. The largest absolute Gasteiger partial charge is 0.453 e. The molecule has 4 nitrogen and oxygen atoms in total. The van der Waals surface area contributed by atoms with Crippen molar-refractivity contribution in [2.75, 3.05) is 6.61 Å².